The van der Waals surface area contributed by atoms with Gasteiger partial charge in [0.1, 0.15) is 0 Å². The number of carbonyl (C=O) groups excluding carboxylic acids is 1. The van der Waals surface area contributed by atoms with E-state index in [1.165, 1.54) is 37.8 Å². The van der Waals surface area contributed by atoms with Gasteiger partial charge in [0.25, 0.3) is 0 Å². The second-order valence-corrected chi connectivity index (χ2v) is 13.0. The van der Waals surface area contributed by atoms with Gasteiger partial charge in [0.2, 0.25) is 0 Å². The number of ether oxygens (including phenoxy) is 1. The van der Waals surface area contributed by atoms with E-state index < -0.39 is 0 Å². The first kappa shape index (κ1) is 18.9. The molecule has 0 aromatic carbocycles. The third-order valence-electron chi connectivity index (χ3n) is 2.57. The lowest BCUT2D eigenvalue weighted by atomic mass is 10.1. The van der Waals surface area contributed by atoms with E-state index in [2.05, 4.69) is 51.8 Å². The molecule has 0 aliphatic carbocycles. The highest BCUT2D eigenvalue weighted by molar-refractivity contribution is 14.2. The molecule has 1 unspecified atom stereocenters. The maximum Gasteiger partial charge on any atom is 0.330 e. The predicted octanol–water partition coefficient (Wildman–Crippen LogP) is 4.72. The topological polar surface area (TPSA) is 26.3 Å². The van der Waals surface area contributed by atoms with Gasteiger partial charge >= 0.3 is 5.97 Å². The zero-order valence-corrected chi connectivity index (χ0v) is 16.3. The largest absolute Gasteiger partial charge is 0.460 e. The van der Waals surface area contributed by atoms with Crippen LogP contribution in [0.1, 0.15) is 45.4 Å². The Morgan fingerprint density at radius 2 is 1.89 bits per heavy atom. The van der Waals surface area contributed by atoms with E-state index in [0.717, 1.165) is 23.9 Å². The lowest BCUT2D eigenvalue weighted by molar-refractivity contribution is -0.142. The summed E-state index contributed by atoms with van der Waals surface area (Å²) in [5.74, 6) is -0.310. The van der Waals surface area contributed by atoms with E-state index >= 15 is 0 Å². The summed E-state index contributed by atoms with van der Waals surface area (Å²) in [5, 5.41) is 0. The summed E-state index contributed by atoms with van der Waals surface area (Å²) in [5.41, 5.74) is 0. The summed E-state index contributed by atoms with van der Waals surface area (Å²) in [6.07, 6.45) is 8.62. The lowest BCUT2D eigenvalue weighted by Crippen LogP contribution is -2.12. The minimum Gasteiger partial charge on any atom is -0.460 e. The molecular weight excluding hydrogens is 470 g/mol. The van der Waals surface area contributed by atoms with E-state index in [9.17, 15) is 4.79 Å². The van der Waals surface area contributed by atoms with Crippen LogP contribution in [-0.2, 0) is 9.53 Å². The fourth-order valence-electron chi connectivity index (χ4n) is 1.60. The van der Waals surface area contributed by atoms with Crippen molar-refractivity contribution in [3.05, 3.63) is 12.7 Å². The van der Waals surface area contributed by atoms with Crippen LogP contribution in [0.15, 0.2) is 12.7 Å². The fraction of sp³-hybridized carbons (Fsp3) is 0.769. The molecule has 5 heteroatoms. The summed E-state index contributed by atoms with van der Waals surface area (Å²) in [6, 6.07) is 1.38. The number of rotatable bonds is 11. The normalized spacial score (nSPS) is 12.4. The highest BCUT2D eigenvalue weighted by atomic mass is 127. The third-order valence-corrected chi connectivity index (χ3v) is 6.16. The first-order valence-electron chi connectivity index (χ1n) is 6.41. The van der Waals surface area contributed by atoms with Gasteiger partial charge in [-0.1, -0.05) is 83.5 Å². The van der Waals surface area contributed by atoms with E-state index in [1.54, 1.807) is 0 Å². The van der Waals surface area contributed by atoms with E-state index in [0.29, 0.717) is 0 Å². The molecule has 0 heterocycles. The van der Waals surface area contributed by atoms with Crippen LogP contribution in [0, 0.1) is 0 Å². The standard InChI is InChI=1S/C13H22I2O2Si/c1-3-12(16)17-11(2)9-7-5-4-6-8-10-18-13(14)15/h3,11,13H,1,4-10H2,2H3. The van der Waals surface area contributed by atoms with Gasteiger partial charge in [-0.3, -0.25) is 0 Å². The molecule has 18 heavy (non-hydrogen) atoms. The Morgan fingerprint density at radius 3 is 2.50 bits per heavy atom. The lowest BCUT2D eigenvalue weighted by Gasteiger charge is -2.11. The van der Waals surface area contributed by atoms with Crippen LogP contribution in [-0.4, -0.2) is 23.1 Å². The third kappa shape index (κ3) is 13.3. The van der Waals surface area contributed by atoms with Crippen LogP contribution < -0.4 is 0 Å². The monoisotopic (exact) mass is 492 g/mol. The molecule has 0 aliphatic heterocycles. The van der Waals surface area contributed by atoms with E-state index in [1.807, 2.05) is 6.92 Å². The minimum absolute atomic E-state index is 0.0239. The molecule has 0 saturated heterocycles. The van der Waals surface area contributed by atoms with Gasteiger partial charge in [-0.25, -0.2) is 4.79 Å². The SMILES string of the molecule is C=CC(=O)OC(C)CCCCCCC[Si]C(I)I. The minimum atomic E-state index is -0.310. The molecule has 0 N–H and O–H groups in total. The van der Waals surface area contributed by atoms with Gasteiger partial charge in [0.15, 0.2) is 0 Å². The van der Waals surface area contributed by atoms with Crippen LogP contribution in [0.25, 0.3) is 0 Å². The average molecular weight is 492 g/mol. The van der Waals surface area contributed by atoms with Crippen molar-refractivity contribution in [1.29, 1.82) is 0 Å². The number of esters is 1. The van der Waals surface area contributed by atoms with Crippen LogP contribution >= 0.6 is 45.2 Å². The fourth-order valence-corrected chi connectivity index (χ4v) is 4.14. The van der Waals surface area contributed by atoms with E-state index in [-0.39, 0.29) is 12.1 Å². The summed E-state index contributed by atoms with van der Waals surface area (Å²) in [4.78, 5) is 10.9. The number of unbranched alkanes of at least 4 members (excludes halogenated alkanes) is 4. The molecule has 2 radical (unpaired) electrons. The Balaban J connectivity index is 3.24. The molecule has 0 bridgehead atoms. The molecule has 104 valence electrons. The van der Waals surface area contributed by atoms with Crippen molar-refractivity contribution in [2.24, 2.45) is 0 Å². The molecule has 0 aromatic heterocycles. The van der Waals surface area contributed by atoms with Crippen LogP contribution in [0.5, 0.6) is 0 Å². The number of hydrogen-bond donors (Lipinski definition) is 0. The predicted molar refractivity (Wildman–Crippen MR) is 95.8 cm³/mol. The van der Waals surface area contributed by atoms with Crippen molar-refractivity contribution in [2.75, 3.05) is 0 Å². The Bertz CT molecular complexity index is 235. The maximum atomic E-state index is 10.9. The Morgan fingerprint density at radius 1 is 1.28 bits per heavy atom. The summed E-state index contributed by atoms with van der Waals surface area (Å²) >= 11 is 4.97. The van der Waals surface area contributed by atoms with Gasteiger partial charge in [-0.05, 0) is 19.8 Å². The zero-order chi connectivity index (χ0) is 13.8. The Kier molecular flexibility index (Phi) is 13.5. The highest BCUT2D eigenvalue weighted by Crippen LogP contribution is 2.13. The molecule has 0 amide bonds. The van der Waals surface area contributed by atoms with Crippen molar-refractivity contribution in [3.63, 3.8) is 0 Å². The van der Waals surface area contributed by atoms with Crippen LogP contribution in [0.4, 0.5) is 0 Å². The average Bonchev–Trinajstić information content (AvgIpc) is 2.31. The van der Waals surface area contributed by atoms with Crippen molar-refractivity contribution in [2.45, 2.75) is 59.2 Å². The number of halogens is 2. The highest BCUT2D eigenvalue weighted by Gasteiger charge is 2.05. The molecule has 1 atom stereocenters. The zero-order valence-electron chi connectivity index (χ0n) is 11.0. The maximum absolute atomic E-state index is 10.9. The van der Waals surface area contributed by atoms with Crippen LogP contribution in [0.3, 0.4) is 0 Å². The van der Waals surface area contributed by atoms with Gasteiger partial charge < -0.3 is 4.74 Å². The van der Waals surface area contributed by atoms with Crippen LogP contribution in [0.2, 0.25) is 6.04 Å². The first-order valence-corrected chi connectivity index (χ1v) is 10.2. The van der Waals surface area contributed by atoms with Gasteiger partial charge in [0, 0.05) is 6.08 Å². The molecule has 2 nitrogen and oxygen atoms in total. The number of hydrogen-bond acceptors (Lipinski definition) is 2. The Labute approximate surface area is 141 Å². The van der Waals surface area contributed by atoms with Crippen molar-refractivity contribution < 1.29 is 9.53 Å². The summed E-state index contributed by atoms with van der Waals surface area (Å²) in [6.45, 7) is 5.34. The molecule has 0 fully saturated rings. The van der Waals surface area contributed by atoms with Crippen molar-refractivity contribution in [3.8, 4) is 0 Å². The summed E-state index contributed by atoms with van der Waals surface area (Å²) in [7, 11) is 1.10. The first-order chi connectivity index (χ1) is 8.56. The second-order valence-electron chi connectivity index (χ2n) is 4.26. The molecular formula is C13H22I2O2Si. The number of alkyl halides is 2. The number of carbonyl (C=O) groups is 1. The quantitative estimate of drug-likeness (QED) is 0.104. The van der Waals surface area contributed by atoms with Gasteiger partial charge in [-0.2, -0.15) is 0 Å². The van der Waals surface area contributed by atoms with Gasteiger partial charge in [0.05, 0.1) is 17.2 Å². The smallest absolute Gasteiger partial charge is 0.330 e. The van der Waals surface area contributed by atoms with Gasteiger partial charge in [-0.15, -0.1) is 0 Å². The van der Waals surface area contributed by atoms with E-state index in [4.69, 9.17) is 4.74 Å². The molecule has 0 aromatic rings. The van der Waals surface area contributed by atoms with Crippen molar-refractivity contribution in [1.82, 2.24) is 0 Å². The molecule has 0 saturated carbocycles. The Hall–Kier alpha value is 0.887. The second kappa shape index (κ2) is 12.9. The molecule has 0 rings (SSSR count). The van der Waals surface area contributed by atoms with Crippen molar-refractivity contribution >= 4 is 60.7 Å². The summed E-state index contributed by atoms with van der Waals surface area (Å²) < 4.78 is 5.92. The molecule has 0 spiro atoms. The molecule has 0 aliphatic rings.